The summed E-state index contributed by atoms with van der Waals surface area (Å²) in [4.78, 5) is 12.4. The lowest BCUT2D eigenvalue weighted by molar-refractivity contribution is -0.123. The first kappa shape index (κ1) is 59.5. The molecular weight excluding hydrogens is 771 g/mol. The fourth-order valence-corrected chi connectivity index (χ4v) is 6.97. The van der Waals surface area contributed by atoms with Gasteiger partial charge in [0.15, 0.2) is 0 Å². The van der Waals surface area contributed by atoms with Crippen molar-refractivity contribution in [3.63, 3.8) is 0 Å². The van der Waals surface area contributed by atoms with Crippen molar-refractivity contribution >= 4 is 5.91 Å². The van der Waals surface area contributed by atoms with Gasteiger partial charge < -0.3 is 15.5 Å². The van der Waals surface area contributed by atoms with Crippen molar-refractivity contribution in [3.8, 4) is 0 Å². The molecule has 0 spiro atoms. The number of carbonyl (C=O) groups is 1. The summed E-state index contributed by atoms with van der Waals surface area (Å²) in [6.07, 6.45) is 83.0. The third-order valence-corrected chi connectivity index (χ3v) is 10.9. The Balaban J connectivity index is 3.65. The summed E-state index contributed by atoms with van der Waals surface area (Å²) < 4.78 is 0. The van der Waals surface area contributed by atoms with E-state index in [1.54, 1.807) is 6.08 Å². The Morgan fingerprint density at radius 2 is 0.698 bits per heavy atom. The second-order valence-electron chi connectivity index (χ2n) is 16.9. The van der Waals surface area contributed by atoms with Crippen LogP contribution in [0.2, 0.25) is 0 Å². The highest BCUT2D eigenvalue weighted by Gasteiger charge is 2.17. The summed E-state index contributed by atoms with van der Waals surface area (Å²) >= 11 is 0. The average Bonchev–Trinajstić information content (AvgIpc) is 3.29. The van der Waals surface area contributed by atoms with Crippen molar-refractivity contribution in [1.82, 2.24) is 5.32 Å². The van der Waals surface area contributed by atoms with E-state index in [0.29, 0.717) is 6.42 Å². The zero-order chi connectivity index (χ0) is 45.6. The van der Waals surface area contributed by atoms with E-state index in [1.165, 1.54) is 89.9 Å². The molecular formula is C59H97NO3. The lowest BCUT2D eigenvalue weighted by Crippen LogP contribution is -2.45. The predicted molar refractivity (Wildman–Crippen MR) is 280 cm³/mol. The Labute approximate surface area is 390 Å². The highest BCUT2D eigenvalue weighted by atomic mass is 16.3. The van der Waals surface area contributed by atoms with E-state index in [2.05, 4.69) is 141 Å². The first-order valence-electron chi connectivity index (χ1n) is 25.9. The summed E-state index contributed by atoms with van der Waals surface area (Å²) in [7, 11) is 0. The molecule has 0 aromatic heterocycles. The van der Waals surface area contributed by atoms with Gasteiger partial charge in [0.2, 0.25) is 5.91 Å². The van der Waals surface area contributed by atoms with Gasteiger partial charge in [-0.2, -0.15) is 0 Å². The minimum Gasteiger partial charge on any atom is -0.394 e. The van der Waals surface area contributed by atoms with Crippen LogP contribution >= 0.6 is 0 Å². The van der Waals surface area contributed by atoms with Crippen LogP contribution < -0.4 is 5.32 Å². The lowest BCUT2D eigenvalue weighted by Gasteiger charge is -2.20. The maximum atomic E-state index is 12.4. The van der Waals surface area contributed by atoms with Crippen molar-refractivity contribution in [2.45, 2.75) is 225 Å². The van der Waals surface area contributed by atoms with Crippen LogP contribution in [0.15, 0.2) is 134 Å². The van der Waals surface area contributed by atoms with Crippen molar-refractivity contribution in [1.29, 1.82) is 0 Å². The standard InChI is InChI=1S/C59H97NO3/c1-3-5-7-9-11-13-15-17-18-19-20-21-22-23-24-25-26-27-28-29-30-31-32-33-34-35-36-37-38-39-40-41-42-43-45-47-49-51-53-55-59(63)60-57(56-61)58(62)54-52-50-48-46-44-16-14-12-10-8-6-4-2/h5,7,11,13,17-18,20-21,23-24,26-27,29-30,32-33,35-36,38-39,52,54,57-58,61-62H,3-4,6,8-10,12,14-16,19,22,25,28,31,34,37,40-51,53,55-56H2,1-2H3,(H,60,63)/b7-5-,13-11-,18-17-,21-20-,24-23-,27-26-,30-29-,33-32-,36-35-,39-38-,54-52+. The molecule has 0 rings (SSSR count). The summed E-state index contributed by atoms with van der Waals surface area (Å²) in [6.45, 7) is 4.17. The molecule has 0 heterocycles. The number of aliphatic hydroxyl groups excluding tert-OH is 2. The Kier molecular flexibility index (Phi) is 50.0. The van der Waals surface area contributed by atoms with Crippen LogP contribution in [0.3, 0.4) is 0 Å². The number of hydrogen-bond donors (Lipinski definition) is 3. The van der Waals surface area contributed by atoms with Crippen LogP contribution in [0, 0.1) is 0 Å². The van der Waals surface area contributed by atoms with E-state index in [1.807, 2.05) is 6.08 Å². The number of amides is 1. The van der Waals surface area contributed by atoms with Gasteiger partial charge in [0.25, 0.3) is 0 Å². The van der Waals surface area contributed by atoms with Crippen molar-refractivity contribution in [3.05, 3.63) is 134 Å². The molecule has 0 aliphatic heterocycles. The van der Waals surface area contributed by atoms with Crippen molar-refractivity contribution < 1.29 is 15.0 Å². The normalized spacial score (nSPS) is 14.0. The average molecular weight is 868 g/mol. The monoisotopic (exact) mass is 868 g/mol. The van der Waals surface area contributed by atoms with Gasteiger partial charge in [-0.3, -0.25) is 4.79 Å². The molecule has 0 aliphatic carbocycles. The van der Waals surface area contributed by atoms with Crippen LogP contribution in [0.1, 0.15) is 213 Å². The number of hydrogen-bond acceptors (Lipinski definition) is 3. The maximum absolute atomic E-state index is 12.4. The second-order valence-corrected chi connectivity index (χ2v) is 16.9. The molecule has 3 N–H and O–H groups in total. The van der Waals surface area contributed by atoms with Crippen LogP contribution in [0.5, 0.6) is 0 Å². The summed E-state index contributed by atoms with van der Waals surface area (Å²) in [5.74, 6) is -0.0797. The smallest absolute Gasteiger partial charge is 0.220 e. The van der Waals surface area contributed by atoms with Gasteiger partial charge in [-0.05, 0) is 96.3 Å². The van der Waals surface area contributed by atoms with Crippen LogP contribution in [-0.2, 0) is 4.79 Å². The SMILES string of the molecule is CC/C=C\C/C=C\C/C=C\C/C=C\C/C=C\C/C=C\C/C=C\C/C=C\C/C=C\C/C=C\CCCCCCCCCCC(=O)NC(CO)C(O)/C=C/CCCCCCCCCCCC. The lowest BCUT2D eigenvalue weighted by atomic mass is 10.0. The zero-order valence-electron chi connectivity index (χ0n) is 40.8. The fourth-order valence-electron chi connectivity index (χ4n) is 6.97. The highest BCUT2D eigenvalue weighted by molar-refractivity contribution is 5.76. The first-order chi connectivity index (χ1) is 31.2. The molecule has 1 amide bonds. The number of allylic oxidation sites excluding steroid dienone is 21. The van der Waals surface area contributed by atoms with E-state index in [9.17, 15) is 15.0 Å². The molecule has 0 saturated heterocycles. The number of unbranched alkanes of at least 4 members (excludes halogenated alkanes) is 18. The van der Waals surface area contributed by atoms with Crippen molar-refractivity contribution in [2.24, 2.45) is 0 Å². The van der Waals surface area contributed by atoms with Gasteiger partial charge in [0.1, 0.15) is 0 Å². The quantitative estimate of drug-likeness (QED) is 0.0422. The molecule has 0 saturated carbocycles. The number of rotatable bonds is 45. The van der Waals surface area contributed by atoms with E-state index < -0.39 is 12.1 Å². The van der Waals surface area contributed by atoms with Gasteiger partial charge in [0, 0.05) is 6.42 Å². The third-order valence-electron chi connectivity index (χ3n) is 10.9. The number of carbonyl (C=O) groups excluding carboxylic acids is 1. The molecule has 0 aliphatic rings. The topological polar surface area (TPSA) is 69.6 Å². The Morgan fingerprint density at radius 1 is 0.397 bits per heavy atom. The van der Waals surface area contributed by atoms with E-state index in [4.69, 9.17) is 0 Å². The Bertz CT molecular complexity index is 1310. The maximum Gasteiger partial charge on any atom is 0.220 e. The van der Waals surface area contributed by atoms with Gasteiger partial charge in [-0.25, -0.2) is 0 Å². The molecule has 2 unspecified atom stereocenters. The van der Waals surface area contributed by atoms with Gasteiger partial charge in [-0.15, -0.1) is 0 Å². The molecule has 4 nitrogen and oxygen atoms in total. The minimum absolute atomic E-state index is 0.0797. The van der Waals surface area contributed by atoms with Crippen molar-refractivity contribution in [2.75, 3.05) is 6.61 Å². The molecule has 356 valence electrons. The zero-order valence-corrected chi connectivity index (χ0v) is 40.8. The summed E-state index contributed by atoms with van der Waals surface area (Å²) in [5, 5.41) is 23.0. The fraction of sp³-hybridized carbons (Fsp3) is 0.610. The summed E-state index contributed by atoms with van der Waals surface area (Å²) in [6, 6.07) is -0.634. The van der Waals surface area contributed by atoms with Crippen LogP contribution in [0.25, 0.3) is 0 Å². The van der Waals surface area contributed by atoms with Gasteiger partial charge in [-0.1, -0.05) is 244 Å². The second kappa shape index (κ2) is 52.9. The predicted octanol–water partition coefficient (Wildman–Crippen LogP) is 17.1. The number of nitrogens with one attached hydrogen (secondary N) is 1. The van der Waals surface area contributed by atoms with Gasteiger partial charge >= 0.3 is 0 Å². The van der Waals surface area contributed by atoms with E-state index >= 15 is 0 Å². The Hall–Kier alpha value is -3.47. The Morgan fingerprint density at radius 3 is 1.05 bits per heavy atom. The largest absolute Gasteiger partial charge is 0.394 e. The van der Waals surface area contributed by atoms with Gasteiger partial charge in [0.05, 0.1) is 18.8 Å². The molecule has 0 fully saturated rings. The molecule has 0 aromatic carbocycles. The van der Waals surface area contributed by atoms with Crippen LogP contribution in [0.4, 0.5) is 0 Å². The molecule has 0 aromatic rings. The van der Waals surface area contributed by atoms with Crippen LogP contribution in [-0.4, -0.2) is 34.9 Å². The number of aliphatic hydroxyl groups is 2. The summed E-state index contributed by atoms with van der Waals surface area (Å²) in [5.41, 5.74) is 0. The minimum atomic E-state index is -0.850. The highest BCUT2D eigenvalue weighted by Crippen LogP contribution is 2.13. The molecule has 63 heavy (non-hydrogen) atoms. The third kappa shape index (κ3) is 49.4. The van der Waals surface area contributed by atoms with E-state index in [0.717, 1.165) is 103 Å². The molecule has 0 bridgehead atoms. The van der Waals surface area contributed by atoms with E-state index in [-0.39, 0.29) is 12.5 Å². The molecule has 0 radical (unpaired) electrons. The molecule has 2 atom stereocenters. The molecule has 4 heteroatoms. The first-order valence-corrected chi connectivity index (χ1v) is 25.9.